The predicted octanol–water partition coefficient (Wildman–Crippen LogP) is 4.43. The first-order valence-electron chi connectivity index (χ1n) is 8.72. The Hall–Kier alpha value is -1.97. The molecule has 4 bridgehead atoms. The number of nitrogens with zero attached hydrogens (tertiary/aromatic N) is 1. The molecule has 4 saturated carbocycles. The lowest BCUT2D eigenvalue weighted by atomic mass is 9.53. The lowest BCUT2D eigenvalue weighted by molar-refractivity contribution is 0.00965. The van der Waals surface area contributed by atoms with Crippen molar-refractivity contribution in [2.24, 2.45) is 17.8 Å². The molecule has 4 heteroatoms. The molecule has 0 unspecified atom stereocenters. The summed E-state index contributed by atoms with van der Waals surface area (Å²) in [4.78, 5) is 4.24. The van der Waals surface area contributed by atoms with Gasteiger partial charge in [-0.1, -0.05) is 30.3 Å². The van der Waals surface area contributed by atoms with Gasteiger partial charge in [-0.05, 0) is 56.3 Å². The van der Waals surface area contributed by atoms with Crippen LogP contribution in [0.15, 0.2) is 34.7 Å². The van der Waals surface area contributed by atoms with Crippen LogP contribution in [0.2, 0.25) is 0 Å². The van der Waals surface area contributed by atoms with E-state index in [1.807, 2.05) is 30.3 Å². The summed E-state index contributed by atoms with van der Waals surface area (Å²) < 4.78 is 5.87. The zero-order chi connectivity index (χ0) is 15.4. The van der Waals surface area contributed by atoms with E-state index in [4.69, 9.17) is 4.42 Å². The first-order valence-corrected chi connectivity index (χ1v) is 8.72. The van der Waals surface area contributed by atoms with Crippen LogP contribution in [0.5, 0.6) is 5.88 Å². The maximum Gasteiger partial charge on any atom is 0.299 e. The average Bonchev–Trinajstić information content (AvgIpc) is 2.86. The number of rotatable bonds is 3. The first kappa shape index (κ1) is 13.5. The maximum absolute atomic E-state index is 10.2. The first-order chi connectivity index (χ1) is 11.2. The molecule has 120 valence electrons. The van der Waals surface area contributed by atoms with Crippen molar-refractivity contribution in [3.05, 3.63) is 30.3 Å². The Bertz CT molecular complexity index is 687. The lowest BCUT2D eigenvalue weighted by Gasteiger charge is -2.56. The summed E-state index contributed by atoms with van der Waals surface area (Å²) in [7, 11) is 0. The van der Waals surface area contributed by atoms with Gasteiger partial charge >= 0.3 is 0 Å². The number of aromatic hydroxyl groups is 1. The second-order valence-electron chi connectivity index (χ2n) is 7.86. The van der Waals surface area contributed by atoms with Gasteiger partial charge in [0.2, 0.25) is 0 Å². The summed E-state index contributed by atoms with van der Waals surface area (Å²) in [6.45, 7) is 0. The van der Waals surface area contributed by atoms with Crippen LogP contribution in [0.25, 0.3) is 11.3 Å². The van der Waals surface area contributed by atoms with E-state index in [0.29, 0.717) is 11.8 Å². The van der Waals surface area contributed by atoms with E-state index in [2.05, 4.69) is 10.3 Å². The van der Waals surface area contributed by atoms with Crippen LogP contribution in [0.3, 0.4) is 0 Å². The molecule has 1 heterocycles. The molecule has 0 aliphatic heterocycles. The minimum atomic E-state index is -0.0246. The van der Waals surface area contributed by atoms with Crippen molar-refractivity contribution in [1.82, 2.24) is 4.98 Å². The van der Waals surface area contributed by atoms with E-state index >= 15 is 0 Å². The molecule has 2 aromatic rings. The normalized spacial score (nSPS) is 34.7. The van der Waals surface area contributed by atoms with Gasteiger partial charge in [-0.15, -0.1) is 0 Å². The molecule has 4 fully saturated rings. The van der Waals surface area contributed by atoms with Gasteiger partial charge in [-0.3, -0.25) is 0 Å². The van der Waals surface area contributed by atoms with Crippen molar-refractivity contribution >= 4 is 6.01 Å². The monoisotopic (exact) mass is 310 g/mol. The number of nitrogens with one attached hydrogen (secondary N) is 1. The van der Waals surface area contributed by atoms with Gasteiger partial charge in [0.1, 0.15) is 0 Å². The molecule has 2 N–H and O–H groups in total. The molecule has 23 heavy (non-hydrogen) atoms. The molecule has 0 amide bonds. The van der Waals surface area contributed by atoms with Crippen LogP contribution >= 0.6 is 0 Å². The van der Waals surface area contributed by atoms with Gasteiger partial charge in [0, 0.05) is 11.1 Å². The van der Waals surface area contributed by atoms with Gasteiger partial charge in [-0.2, -0.15) is 4.98 Å². The lowest BCUT2D eigenvalue weighted by Crippen LogP contribution is -2.54. The van der Waals surface area contributed by atoms with E-state index in [9.17, 15) is 5.11 Å². The molecule has 0 saturated heterocycles. The number of benzene rings is 1. The largest absolute Gasteiger partial charge is 0.490 e. The number of anilines is 1. The Morgan fingerprint density at radius 1 is 1.00 bits per heavy atom. The summed E-state index contributed by atoms with van der Waals surface area (Å²) in [5.74, 6) is 3.03. The SMILES string of the molecule is Oc1nc(NC23CC4CC(CC(C4)C2)C3)oc1-c1ccccc1. The minimum Gasteiger partial charge on any atom is -0.490 e. The summed E-state index contributed by atoms with van der Waals surface area (Å²) in [6, 6.07) is 10.1. The van der Waals surface area contributed by atoms with E-state index in [1.54, 1.807) is 0 Å². The molecular formula is C19H22N2O2. The standard InChI is InChI=1S/C19H22N2O2/c22-17-16(15-4-2-1-3-5-15)23-18(20-17)21-19-9-12-6-13(10-19)8-14(7-12)11-19/h1-5,12-14,22H,6-11H2,(H,20,21). The molecule has 1 aromatic heterocycles. The average molecular weight is 310 g/mol. The summed E-state index contributed by atoms with van der Waals surface area (Å²) >= 11 is 0. The van der Waals surface area contributed by atoms with Gasteiger partial charge < -0.3 is 14.8 Å². The smallest absolute Gasteiger partial charge is 0.299 e. The maximum atomic E-state index is 10.2. The van der Waals surface area contributed by atoms with E-state index in [0.717, 1.165) is 23.3 Å². The van der Waals surface area contributed by atoms with Crippen LogP contribution in [-0.2, 0) is 0 Å². The number of oxazole rings is 1. The second kappa shape index (κ2) is 4.76. The van der Waals surface area contributed by atoms with Crippen molar-refractivity contribution < 1.29 is 9.52 Å². The van der Waals surface area contributed by atoms with Gasteiger partial charge in [0.25, 0.3) is 11.9 Å². The Morgan fingerprint density at radius 3 is 2.22 bits per heavy atom. The van der Waals surface area contributed by atoms with Crippen LogP contribution in [0.4, 0.5) is 6.01 Å². The van der Waals surface area contributed by atoms with Crippen molar-refractivity contribution in [2.75, 3.05) is 5.32 Å². The highest BCUT2D eigenvalue weighted by Gasteiger charge is 2.51. The second-order valence-corrected chi connectivity index (χ2v) is 7.86. The van der Waals surface area contributed by atoms with Crippen LogP contribution in [-0.4, -0.2) is 15.6 Å². The minimum absolute atomic E-state index is 0.0246. The highest BCUT2D eigenvalue weighted by atomic mass is 16.4. The Balaban J connectivity index is 1.43. The van der Waals surface area contributed by atoms with Gasteiger partial charge in [0.15, 0.2) is 5.76 Å². The summed E-state index contributed by atoms with van der Waals surface area (Å²) in [6.07, 6.45) is 7.90. The van der Waals surface area contributed by atoms with Crippen molar-refractivity contribution in [2.45, 2.75) is 44.1 Å². The van der Waals surface area contributed by atoms with Crippen LogP contribution in [0, 0.1) is 17.8 Å². The number of aromatic nitrogens is 1. The fourth-order valence-corrected chi connectivity index (χ4v) is 5.63. The molecule has 1 aromatic carbocycles. The summed E-state index contributed by atoms with van der Waals surface area (Å²) in [5, 5.41) is 13.7. The molecule has 0 radical (unpaired) electrons. The molecular weight excluding hydrogens is 288 g/mol. The zero-order valence-electron chi connectivity index (χ0n) is 13.2. The molecule has 4 aliphatic rings. The third kappa shape index (κ3) is 2.23. The molecule has 4 nitrogen and oxygen atoms in total. The van der Waals surface area contributed by atoms with Gasteiger partial charge in [0.05, 0.1) is 0 Å². The highest BCUT2D eigenvalue weighted by Crippen LogP contribution is 2.56. The highest BCUT2D eigenvalue weighted by molar-refractivity contribution is 5.63. The quantitative estimate of drug-likeness (QED) is 0.880. The van der Waals surface area contributed by atoms with Crippen molar-refractivity contribution in [3.8, 4) is 17.2 Å². The van der Waals surface area contributed by atoms with E-state index < -0.39 is 0 Å². The van der Waals surface area contributed by atoms with Crippen LogP contribution < -0.4 is 5.32 Å². The third-order valence-electron chi connectivity index (χ3n) is 6.06. The molecule has 6 rings (SSSR count). The number of hydrogen-bond donors (Lipinski definition) is 2. The fourth-order valence-electron chi connectivity index (χ4n) is 5.63. The summed E-state index contributed by atoms with van der Waals surface area (Å²) in [5.41, 5.74) is 0.996. The van der Waals surface area contributed by atoms with Crippen molar-refractivity contribution in [1.29, 1.82) is 0 Å². The molecule has 0 atom stereocenters. The predicted molar refractivity (Wildman–Crippen MR) is 88.1 cm³/mol. The Morgan fingerprint density at radius 2 is 1.61 bits per heavy atom. The van der Waals surface area contributed by atoms with Crippen molar-refractivity contribution in [3.63, 3.8) is 0 Å². The zero-order valence-corrected chi connectivity index (χ0v) is 13.2. The fraction of sp³-hybridized carbons (Fsp3) is 0.526. The number of hydrogen-bond acceptors (Lipinski definition) is 4. The Kier molecular flexibility index (Phi) is 2.79. The molecule has 0 spiro atoms. The molecule has 4 aliphatic carbocycles. The van der Waals surface area contributed by atoms with Gasteiger partial charge in [-0.25, -0.2) is 0 Å². The van der Waals surface area contributed by atoms with E-state index in [-0.39, 0.29) is 11.4 Å². The van der Waals surface area contributed by atoms with Crippen LogP contribution in [0.1, 0.15) is 38.5 Å². The van der Waals surface area contributed by atoms with E-state index in [1.165, 1.54) is 38.5 Å². The topological polar surface area (TPSA) is 58.3 Å². The third-order valence-corrected chi connectivity index (χ3v) is 6.06. The Labute approximate surface area is 135 Å².